The molecule has 0 bridgehead atoms. The van der Waals surface area contributed by atoms with Crippen LogP contribution in [0.25, 0.3) is 0 Å². The summed E-state index contributed by atoms with van der Waals surface area (Å²) in [6.45, 7) is 4.15. The van der Waals surface area contributed by atoms with E-state index < -0.39 is 10.0 Å². The van der Waals surface area contributed by atoms with Crippen molar-refractivity contribution >= 4 is 48.9 Å². The van der Waals surface area contributed by atoms with Crippen molar-refractivity contribution in [3.8, 4) is 0 Å². The van der Waals surface area contributed by atoms with E-state index in [9.17, 15) is 8.42 Å². The van der Waals surface area contributed by atoms with Crippen molar-refractivity contribution in [1.29, 1.82) is 0 Å². The average Bonchev–Trinajstić information content (AvgIpc) is 2.61. The number of halogens is 2. The van der Waals surface area contributed by atoms with Gasteiger partial charge in [-0.1, -0.05) is 13.8 Å². The molecule has 1 N–H and O–H groups in total. The van der Waals surface area contributed by atoms with Gasteiger partial charge in [0.15, 0.2) is 0 Å². The second-order valence-corrected chi connectivity index (χ2v) is 8.69. The lowest BCUT2D eigenvalue weighted by Crippen LogP contribution is -2.31. The van der Waals surface area contributed by atoms with E-state index in [1.54, 1.807) is 12.1 Å². The molecule has 0 amide bonds. The molecule has 1 aromatic rings. The lowest BCUT2D eigenvalue weighted by atomic mass is 10.1. The molecule has 0 aromatic carbocycles. The Morgan fingerprint density at radius 2 is 2.12 bits per heavy atom. The van der Waals surface area contributed by atoms with Gasteiger partial charge in [0.2, 0.25) is 10.0 Å². The van der Waals surface area contributed by atoms with E-state index in [0.29, 0.717) is 4.21 Å². The van der Waals surface area contributed by atoms with Crippen LogP contribution in [0.5, 0.6) is 0 Å². The molecule has 0 saturated heterocycles. The first kappa shape index (κ1) is 14.4. The topological polar surface area (TPSA) is 46.2 Å². The van der Waals surface area contributed by atoms with Gasteiger partial charge in [-0.3, -0.25) is 0 Å². The van der Waals surface area contributed by atoms with Crippen molar-refractivity contribution in [3.63, 3.8) is 0 Å². The molecule has 1 rings (SSSR count). The number of rotatable bonds is 5. The maximum atomic E-state index is 11.8. The number of hydrogen-bond acceptors (Lipinski definition) is 3. The van der Waals surface area contributed by atoms with Crippen LogP contribution < -0.4 is 4.72 Å². The summed E-state index contributed by atoms with van der Waals surface area (Å²) in [4.78, 5) is 0. The van der Waals surface area contributed by atoms with E-state index in [-0.39, 0.29) is 17.8 Å². The SMILES string of the molecule is CC(C)C(Cl)CNS(=O)(=O)c1ccc(Br)s1. The number of alkyl halides is 1. The molecule has 0 aliphatic heterocycles. The molecular formula is C9H13BrClNO2S2. The summed E-state index contributed by atoms with van der Waals surface area (Å²) < 4.78 is 27.2. The van der Waals surface area contributed by atoms with E-state index in [2.05, 4.69) is 20.7 Å². The highest BCUT2D eigenvalue weighted by atomic mass is 79.9. The highest BCUT2D eigenvalue weighted by molar-refractivity contribution is 9.11. The fourth-order valence-corrected chi connectivity index (χ4v) is 4.22. The molecule has 0 saturated carbocycles. The molecule has 0 fully saturated rings. The minimum Gasteiger partial charge on any atom is -0.209 e. The van der Waals surface area contributed by atoms with Gasteiger partial charge in [0.1, 0.15) is 4.21 Å². The van der Waals surface area contributed by atoms with Gasteiger partial charge < -0.3 is 0 Å². The Labute approximate surface area is 113 Å². The molecule has 0 spiro atoms. The molecule has 92 valence electrons. The molecule has 0 aliphatic carbocycles. The summed E-state index contributed by atoms with van der Waals surface area (Å²) >= 11 is 10.4. The first-order valence-corrected chi connectivity index (χ1v) is 8.25. The third-order valence-corrected chi connectivity index (χ3v) is 6.20. The summed E-state index contributed by atoms with van der Waals surface area (Å²) in [5.41, 5.74) is 0. The zero-order valence-electron chi connectivity index (χ0n) is 8.91. The smallest absolute Gasteiger partial charge is 0.209 e. The normalized spacial score (nSPS) is 14.3. The Morgan fingerprint density at radius 3 is 2.56 bits per heavy atom. The fraction of sp³-hybridized carbons (Fsp3) is 0.556. The van der Waals surface area contributed by atoms with E-state index in [1.165, 1.54) is 11.3 Å². The number of hydrogen-bond donors (Lipinski definition) is 1. The van der Waals surface area contributed by atoms with E-state index in [4.69, 9.17) is 11.6 Å². The highest BCUT2D eigenvalue weighted by Crippen LogP contribution is 2.25. The van der Waals surface area contributed by atoms with Gasteiger partial charge in [-0.05, 0) is 34.0 Å². The molecule has 16 heavy (non-hydrogen) atoms. The van der Waals surface area contributed by atoms with Crippen LogP contribution in [-0.2, 0) is 10.0 Å². The monoisotopic (exact) mass is 345 g/mol. The molecule has 3 nitrogen and oxygen atoms in total. The van der Waals surface area contributed by atoms with Crippen molar-refractivity contribution in [2.24, 2.45) is 5.92 Å². The van der Waals surface area contributed by atoms with E-state index in [1.807, 2.05) is 13.8 Å². The Kier molecular flexibility index (Phi) is 5.25. The summed E-state index contributed by atoms with van der Waals surface area (Å²) in [6.07, 6.45) is 0. The predicted molar refractivity (Wildman–Crippen MR) is 71.7 cm³/mol. The van der Waals surface area contributed by atoms with Gasteiger partial charge in [0, 0.05) is 11.9 Å². The summed E-state index contributed by atoms with van der Waals surface area (Å²) in [6, 6.07) is 3.27. The van der Waals surface area contributed by atoms with Gasteiger partial charge in [-0.15, -0.1) is 22.9 Å². The van der Waals surface area contributed by atoms with Gasteiger partial charge in [-0.25, -0.2) is 13.1 Å². The van der Waals surface area contributed by atoms with Crippen LogP contribution >= 0.6 is 38.9 Å². The number of sulfonamides is 1. The average molecular weight is 347 g/mol. The van der Waals surface area contributed by atoms with Crippen LogP contribution in [-0.4, -0.2) is 20.3 Å². The van der Waals surface area contributed by atoms with Crippen LogP contribution in [0, 0.1) is 5.92 Å². The summed E-state index contributed by atoms with van der Waals surface area (Å²) in [7, 11) is -3.41. The lowest BCUT2D eigenvalue weighted by Gasteiger charge is -2.13. The summed E-state index contributed by atoms with van der Waals surface area (Å²) in [5.74, 6) is 0.236. The number of thiophene rings is 1. The predicted octanol–water partition coefficient (Wildman–Crippen LogP) is 3.05. The molecular weight excluding hydrogens is 334 g/mol. The maximum Gasteiger partial charge on any atom is 0.250 e. The van der Waals surface area contributed by atoms with Crippen molar-refractivity contribution in [2.45, 2.75) is 23.4 Å². The van der Waals surface area contributed by atoms with Crippen molar-refractivity contribution < 1.29 is 8.42 Å². The molecule has 7 heteroatoms. The first-order valence-electron chi connectivity index (χ1n) is 4.72. The minimum atomic E-state index is -3.41. The first-order chi connectivity index (χ1) is 7.33. The molecule has 1 aromatic heterocycles. The minimum absolute atomic E-state index is 0.196. The van der Waals surface area contributed by atoms with Gasteiger partial charge >= 0.3 is 0 Å². The lowest BCUT2D eigenvalue weighted by molar-refractivity contribution is 0.557. The van der Waals surface area contributed by atoms with Crippen LogP contribution in [0.15, 0.2) is 20.1 Å². The van der Waals surface area contributed by atoms with Gasteiger partial charge in [0.25, 0.3) is 0 Å². The van der Waals surface area contributed by atoms with Crippen LogP contribution in [0.2, 0.25) is 0 Å². The van der Waals surface area contributed by atoms with Crippen LogP contribution in [0.1, 0.15) is 13.8 Å². The molecule has 1 unspecified atom stereocenters. The zero-order chi connectivity index (χ0) is 12.3. The Balaban J connectivity index is 2.67. The third kappa shape index (κ3) is 4.00. The zero-order valence-corrected chi connectivity index (χ0v) is 12.9. The van der Waals surface area contributed by atoms with Gasteiger partial charge in [-0.2, -0.15) is 0 Å². The second-order valence-electron chi connectivity index (χ2n) is 3.67. The van der Waals surface area contributed by atoms with Crippen LogP contribution in [0.4, 0.5) is 0 Å². The number of nitrogens with one attached hydrogen (secondary N) is 1. The Hall–Kier alpha value is 0.380. The highest BCUT2D eigenvalue weighted by Gasteiger charge is 2.18. The van der Waals surface area contributed by atoms with Crippen molar-refractivity contribution in [3.05, 3.63) is 15.9 Å². The van der Waals surface area contributed by atoms with Gasteiger partial charge in [0.05, 0.1) is 3.79 Å². The van der Waals surface area contributed by atoms with Crippen molar-refractivity contribution in [2.75, 3.05) is 6.54 Å². The quantitative estimate of drug-likeness (QED) is 0.833. The molecule has 0 aliphatic rings. The van der Waals surface area contributed by atoms with Crippen molar-refractivity contribution in [1.82, 2.24) is 4.72 Å². The van der Waals surface area contributed by atoms with E-state index in [0.717, 1.165) is 3.79 Å². The third-order valence-electron chi connectivity index (χ3n) is 2.01. The summed E-state index contributed by atoms with van der Waals surface area (Å²) in [5, 5.41) is -0.196. The van der Waals surface area contributed by atoms with Crippen LogP contribution in [0.3, 0.4) is 0 Å². The fourth-order valence-electron chi connectivity index (χ4n) is 0.938. The molecule has 1 heterocycles. The maximum absolute atomic E-state index is 11.8. The van der Waals surface area contributed by atoms with E-state index >= 15 is 0 Å². The Morgan fingerprint density at radius 1 is 1.50 bits per heavy atom. The largest absolute Gasteiger partial charge is 0.250 e. The second kappa shape index (κ2) is 5.82. The molecule has 0 radical (unpaired) electrons. The Bertz CT molecular complexity index is 444. The standard InChI is InChI=1S/C9H13BrClNO2S2/c1-6(2)7(11)5-12-16(13,14)9-4-3-8(10)15-9/h3-4,6-7,12H,5H2,1-2H3. The molecule has 1 atom stereocenters.